The predicted molar refractivity (Wildman–Crippen MR) is 124 cm³/mol. The Morgan fingerprint density at radius 3 is 2.76 bits per heavy atom. The molecule has 0 aliphatic carbocycles. The smallest absolute Gasteiger partial charge is 0.435 e. The number of nitrogens with one attached hydrogen (secondary N) is 1. The number of aromatic amines is 1. The minimum Gasteiger partial charge on any atom is -0.442 e. The normalized spacial score (nSPS) is 15.6. The number of nitrogens with zero attached hydrogens (tertiary/aromatic N) is 3. The summed E-state index contributed by atoms with van der Waals surface area (Å²) in [5.74, 6) is -0.0898. The van der Waals surface area contributed by atoms with E-state index in [2.05, 4.69) is 15.0 Å². The zero-order valence-electron chi connectivity index (χ0n) is 18.8. The van der Waals surface area contributed by atoms with Gasteiger partial charge in [-0.1, -0.05) is 24.3 Å². The van der Waals surface area contributed by atoms with Crippen LogP contribution in [-0.4, -0.2) is 44.7 Å². The van der Waals surface area contributed by atoms with Crippen molar-refractivity contribution in [2.75, 3.05) is 6.54 Å². The molecule has 0 atom stereocenters. The number of benzene rings is 1. The van der Waals surface area contributed by atoms with E-state index in [0.29, 0.717) is 28.2 Å². The molecule has 170 valence electrons. The third-order valence-corrected chi connectivity index (χ3v) is 5.18. The molecule has 7 nitrogen and oxygen atoms in total. The fraction of sp³-hybridized carbons (Fsp3) is 0.280. The third-order valence-electron chi connectivity index (χ3n) is 5.18. The van der Waals surface area contributed by atoms with Gasteiger partial charge in [-0.2, -0.15) is 4.99 Å². The van der Waals surface area contributed by atoms with Crippen molar-refractivity contribution in [2.24, 2.45) is 4.99 Å². The molecule has 0 saturated heterocycles. The van der Waals surface area contributed by atoms with Crippen LogP contribution < -0.4 is 0 Å². The van der Waals surface area contributed by atoms with E-state index in [1.807, 2.05) is 6.07 Å². The van der Waals surface area contributed by atoms with E-state index in [0.717, 1.165) is 5.39 Å². The van der Waals surface area contributed by atoms with Crippen LogP contribution in [0.3, 0.4) is 0 Å². The van der Waals surface area contributed by atoms with Gasteiger partial charge in [0.2, 0.25) is 0 Å². The van der Waals surface area contributed by atoms with Gasteiger partial charge in [0.15, 0.2) is 5.78 Å². The Kier molecular flexibility index (Phi) is 6.09. The first-order chi connectivity index (χ1) is 15.7. The lowest BCUT2D eigenvalue weighted by Gasteiger charge is -2.30. The van der Waals surface area contributed by atoms with Crippen LogP contribution >= 0.6 is 0 Å². The highest BCUT2D eigenvalue weighted by Gasteiger charge is 2.27. The maximum atomic E-state index is 14.4. The number of fused-ring (bicyclic) bond motifs is 1. The van der Waals surface area contributed by atoms with E-state index >= 15 is 0 Å². The first-order valence-electron chi connectivity index (χ1n) is 10.7. The van der Waals surface area contributed by atoms with Crippen LogP contribution in [0.15, 0.2) is 65.4 Å². The number of hydrogen-bond acceptors (Lipinski definition) is 4. The molecule has 33 heavy (non-hydrogen) atoms. The molecule has 2 aromatic heterocycles. The van der Waals surface area contributed by atoms with E-state index < -0.39 is 11.7 Å². The number of Topliss-reactive ketones (excluding diaryl/α,β-unsaturated/α-hetero) is 1. The quantitative estimate of drug-likeness (QED) is 0.564. The number of ketones is 1. The number of amides is 1. The summed E-state index contributed by atoms with van der Waals surface area (Å²) in [7, 11) is 0. The van der Waals surface area contributed by atoms with Gasteiger partial charge < -0.3 is 14.6 Å². The number of pyridine rings is 1. The van der Waals surface area contributed by atoms with E-state index in [-0.39, 0.29) is 31.1 Å². The van der Waals surface area contributed by atoms with E-state index in [9.17, 15) is 14.0 Å². The van der Waals surface area contributed by atoms with Crippen molar-refractivity contribution in [3.63, 3.8) is 0 Å². The summed E-state index contributed by atoms with van der Waals surface area (Å²) in [4.78, 5) is 38.7. The van der Waals surface area contributed by atoms with Gasteiger partial charge in [-0.05, 0) is 39.0 Å². The van der Waals surface area contributed by atoms with E-state index in [1.165, 1.54) is 6.07 Å². The molecule has 1 aromatic carbocycles. The monoisotopic (exact) mass is 448 g/mol. The van der Waals surface area contributed by atoms with Crippen LogP contribution in [0.2, 0.25) is 0 Å². The van der Waals surface area contributed by atoms with Gasteiger partial charge in [-0.3, -0.25) is 4.79 Å². The molecule has 0 bridgehead atoms. The number of aromatic nitrogens is 2. The second-order valence-corrected chi connectivity index (χ2v) is 8.82. The van der Waals surface area contributed by atoms with Crippen molar-refractivity contribution in [3.8, 4) is 0 Å². The van der Waals surface area contributed by atoms with E-state index in [4.69, 9.17) is 4.74 Å². The Hall–Kier alpha value is -3.81. The number of carbonyl (C=O) groups excluding carboxylic acids is 2. The summed E-state index contributed by atoms with van der Waals surface area (Å²) in [5, 5.41) is 0.734. The van der Waals surface area contributed by atoms with Crippen LogP contribution in [0.4, 0.5) is 9.18 Å². The number of hydrogen-bond donors (Lipinski definition) is 1. The van der Waals surface area contributed by atoms with Crippen LogP contribution in [0.1, 0.15) is 43.1 Å². The topological polar surface area (TPSA) is 87.6 Å². The summed E-state index contributed by atoms with van der Waals surface area (Å²) < 4.78 is 19.7. The molecule has 1 N–H and O–H groups in total. The number of aliphatic imine (C=N–C) groups is 1. The molecule has 3 heterocycles. The molecule has 1 amide bonds. The van der Waals surface area contributed by atoms with Crippen molar-refractivity contribution in [2.45, 2.75) is 39.3 Å². The first kappa shape index (κ1) is 22.4. The Morgan fingerprint density at radius 1 is 1.21 bits per heavy atom. The highest BCUT2D eigenvalue weighted by atomic mass is 19.1. The number of carbonyl (C=O) groups is 2. The van der Waals surface area contributed by atoms with Gasteiger partial charge in [0, 0.05) is 54.0 Å². The average molecular weight is 448 g/mol. The number of rotatable bonds is 4. The highest BCUT2D eigenvalue weighted by molar-refractivity contribution is 6.16. The molecule has 0 radical (unpaired) electrons. The standard InChI is InChI=1S/C25H25FN4O3/c1-25(2,3)33-24(32)29-21-11-10-17(15-30(21)14-16-7-4-5-9-20(16)26)22(31)19-13-28-23-18(19)8-6-12-27-23/h4-10,12-13H,11,14-15H2,1-3H3,(H,27,28). The van der Waals surface area contributed by atoms with Gasteiger partial charge in [0.05, 0.1) is 0 Å². The Balaban J connectivity index is 1.64. The largest absolute Gasteiger partial charge is 0.442 e. The molecule has 1 aliphatic heterocycles. The molecule has 0 fully saturated rings. The summed E-state index contributed by atoms with van der Waals surface area (Å²) in [6, 6.07) is 10.0. The maximum absolute atomic E-state index is 14.4. The summed E-state index contributed by atoms with van der Waals surface area (Å²) in [6.45, 7) is 5.62. The molecule has 0 spiro atoms. The summed E-state index contributed by atoms with van der Waals surface area (Å²) in [6.07, 6.45) is 4.59. The molecule has 1 aliphatic rings. The third kappa shape index (κ3) is 5.16. The first-order valence-corrected chi connectivity index (χ1v) is 10.7. The van der Waals surface area contributed by atoms with Crippen LogP contribution in [0, 0.1) is 5.82 Å². The summed E-state index contributed by atoms with van der Waals surface area (Å²) >= 11 is 0. The average Bonchev–Trinajstić information content (AvgIpc) is 3.19. The zero-order chi connectivity index (χ0) is 23.6. The SMILES string of the molecule is CC(C)(C)OC(=O)N=C1CC=C(C(=O)c2c[nH]c3ncccc23)CN1Cc1ccccc1F. The van der Waals surface area contributed by atoms with Gasteiger partial charge in [-0.15, -0.1) is 0 Å². The minimum atomic E-state index is -0.720. The van der Waals surface area contributed by atoms with Gasteiger partial charge in [-0.25, -0.2) is 14.2 Å². The van der Waals surface area contributed by atoms with Gasteiger partial charge >= 0.3 is 6.09 Å². The summed E-state index contributed by atoms with van der Waals surface area (Å²) in [5.41, 5.74) is 1.45. The number of halogens is 1. The Bertz CT molecular complexity index is 1270. The van der Waals surface area contributed by atoms with Crippen molar-refractivity contribution in [1.82, 2.24) is 14.9 Å². The van der Waals surface area contributed by atoms with Crippen LogP contribution in [0.5, 0.6) is 0 Å². The molecule has 0 unspecified atom stereocenters. The van der Waals surface area contributed by atoms with Gasteiger partial charge in [0.25, 0.3) is 0 Å². The molecular formula is C25H25FN4O3. The second-order valence-electron chi connectivity index (χ2n) is 8.82. The van der Waals surface area contributed by atoms with Gasteiger partial charge in [0.1, 0.15) is 22.9 Å². The molecule has 8 heteroatoms. The Labute approximate surface area is 191 Å². The van der Waals surface area contributed by atoms with E-state index in [1.54, 1.807) is 68.4 Å². The van der Waals surface area contributed by atoms with Crippen LogP contribution in [0.25, 0.3) is 11.0 Å². The second kappa shape index (κ2) is 8.97. The lowest BCUT2D eigenvalue weighted by atomic mass is 9.98. The lowest BCUT2D eigenvalue weighted by molar-refractivity contribution is 0.0601. The molecule has 0 saturated carbocycles. The number of amidine groups is 1. The fourth-order valence-electron chi connectivity index (χ4n) is 3.67. The van der Waals surface area contributed by atoms with Crippen molar-refractivity contribution in [1.29, 1.82) is 0 Å². The number of ether oxygens (including phenoxy) is 1. The Morgan fingerprint density at radius 2 is 2.00 bits per heavy atom. The van der Waals surface area contributed by atoms with Crippen molar-refractivity contribution < 1.29 is 18.7 Å². The van der Waals surface area contributed by atoms with Crippen molar-refractivity contribution in [3.05, 3.63) is 77.4 Å². The zero-order valence-corrected chi connectivity index (χ0v) is 18.8. The fourth-order valence-corrected chi connectivity index (χ4v) is 3.67. The predicted octanol–water partition coefficient (Wildman–Crippen LogP) is 5.05. The lowest BCUT2D eigenvalue weighted by Crippen LogP contribution is -2.38. The molecule has 3 aromatic rings. The van der Waals surface area contributed by atoms with Crippen LogP contribution in [-0.2, 0) is 11.3 Å². The molecular weight excluding hydrogens is 423 g/mol. The van der Waals surface area contributed by atoms with Crippen molar-refractivity contribution >= 4 is 28.7 Å². The highest BCUT2D eigenvalue weighted by Crippen LogP contribution is 2.24. The minimum absolute atomic E-state index is 0.149. The molecule has 4 rings (SSSR count). The number of H-pyrrole nitrogens is 1. The maximum Gasteiger partial charge on any atom is 0.435 e.